The van der Waals surface area contributed by atoms with Crippen LogP contribution in [0.2, 0.25) is 0 Å². The van der Waals surface area contributed by atoms with E-state index in [9.17, 15) is 19.6 Å². The van der Waals surface area contributed by atoms with Gasteiger partial charge in [0.2, 0.25) is 5.91 Å². The molecule has 0 bridgehead atoms. The number of hydrogen-bond acceptors (Lipinski definition) is 6. The second kappa shape index (κ2) is 8.34. The first-order valence-corrected chi connectivity index (χ1v) is 10.8. The fourth-order valence-electron chi connectivity index (χ4n) is 3.75. The molecule has 1 aliphatic carbocycles. The van der Waals surface area contributed by atoms with E-state index in [1.807, 2.05) is 0 Å². The summed E-state index contributed by atoms with van der Waals surface area (Å²) in [6.45, 7) is -0.0302. The number of rotatable bonds is 4. The van der Waals surface area contributed by atoms with Crippen LogP contribution in [0.3, 0.4) is 0 Å². The molecule has 0 spiro atoms. The third-order valence-electron chi connectivity index (χ3n) is 5.20. The largest absolute Gasteiger partial charge is 0.323 e. The molecule has 2 N–H and O–H groups in total. The van der Waals surface area contributed by atoms with Gasteiger partial charge in [-0.15, -0.1) is 11.3 Å². The van der Waals surface area contributed by atoms with Gasteiger partial charge in [0.1, 0.15) is 11.1 Å². The summed E-state index contributed by atoms with van der Waals surface area (Å²) < 4.78 is 0. The molecule has 7 nitrogen and oxygen atoms in total. The van der Waals surface area contributed by atoms with Crippen molar-refractivity contribution in [3.8, 4) is 6.07 Å². The number of benzene rings is 1. The Morgan fingerprint density at radius 2 is 1.83 bits per heavy atom. The van der Waals surface area contributed by atoms with Crippen LogP contribution in [0, 0.1) is 11.3 Å². The minimum atomic E-state index is -0.413. The topological polar surface area (TPSA) is 102 Å². The Bertz CT molecular complexity index is 1080. The second-order valence-electron chi connectivity index (χ2n) is 7.09. The predicted molar refractivity (Wildman–Crippen MR) is 116 cm³/mol. The average molecular weight is 439 g/mol. The van der Waals surface area contributed by atoms with Gasteiger partial charge in [-0.2, -0.15) is 5.26 Å². The lowest BCUT2D eigenvalue weighted by Crippen LogP contribution is -2.38. The summed E-state index contributed by atoms with van der Waals surface area (Å²) in [6.07, 6.45) is 3.94. The summed E-state index contributed by atoms with van der Waals surface area (Å²) in [4.78, 5) is 39.3. The van der Waals surface area contributed by atoms with Gasteiger partial charge in [-0.05, 0) is 55.6 Å². The Morgan fingerprint density at radius 3 is 2.50 bits per heavy atom. The molecular weight excluding hydrogens is 420 g/mol. The summed E-state index contributed by atoms with van der Waals surface area (Å²) in [7, 11) is 0. The highest BCUT2D eigenvalue weighted by Crippen LogP contribution is 2.37. The summed E-state index contributed by atoms with van der Waals surface area (Å²) in [5.74, 6) is -1.21. The average Bonchev–Trinajstić information content (AvgIpc) is 3.21. The van der Waals surface area contributed by atoms with Crippen LogP contribution in [0.5, 0.6) is 0 Å². The Balaban J connectivity index is 1.34. The summed E-state index contributed by atoms with van der Waals surface area (Å²) in [5, 5.41) is 15.8. The first-order chi connectivity index (χ1) is 14.5. The van der Waals surface area contributed by atoms with Crippen molar-refractivity contribution in [3.05, 3.63) is 51.4 Å². The van der Waals surface area contributed by atoms with E-state index in [0.717, 1.165) is 36.1 Å². The molecule has 2 heterocycles. The van der Waals surface area contributed by atoms with Crippen LogP contribution in [0.15, 0.2) is 24.3 Å². The molecule has 2 aliphatic rings. The lowest BCUT2D eigenvalue weighted by atomic mass is 9.96. The van der Waals surface area contributed by atoms with Crippen LogP contribution in [0.4, 0.5) is 5.00 Å². The Kier molecular flexibility index (Phi) is 5.61. The molecule has 4 rings (SSSR count). The number of carbonyl (C=O) groups excluding carboxylic acids is 3. The van der Waals surface area contributed by atoms with E-state index in [-0.39, 0.29) is 18.1 Å². The van der Waals surface area contributed by atoms with Gasteiger partial charge in [0.15, 0.2) is 5.11 Å². The second-order valence-corrected chi connectivity index (χ2v) is 8.60. The molecule has 152 valence electrons. The van der Waals surface area contributed by atoms with Crippen molar-refractivity contribution in [2.75, 3.05) is 11.9 Å². The number of thiophene rings is 1. The number of hydrogen-bond donors (Lipinski definition) is 2. The third kappa shape index (κ3) is 3.72. The number of fused-ring (bicyclic) bond motifs is 2. The molecule has 2 aromatic rings. The Morgan fingerprint density at radius 1 is 1.17 bits per heavy atom. The van der Waals surface area contributed by atoms with Gasteiger partial charge >= 0.3 is 0 Å². The number of aryl methyl sites for hydroxylation is 1. The van der Waals surface area contributed by atoms with Crippen LogP contribution >= 0.6 is 23.6 Å². The number of nitriles is 1. The van der Waals surface area contributed by atoms with Crippen LogP contribution in [0.25, 0.3) is 0 Å². The molecule has 9 heteroatoms. The zero-order chi connectivity index (χ0) is 21.3. The van der Waals surface area contributed by atoms with Crippen LogP contribution in [0.1, 0.15) is 56.0 Å². The Labute approximate surface area is 182 Å². The third-order valence-corrected chi connectivity index (χ3v) is 6.62. The van der Waals surface area contributed by atoms with Gasteiger partial charge in [0.05, 0.1) is 16.7 Å². The first kappa shape index (κ1) is 20.2. The maximum absolute atomic E-state index is 12.4. The number of thiocarbonyl (C=S) groups is 1. The fourth-order valence-corrected chi connectivity index (χ4v) is 5.28. The van der Waals surface area contributed by atoms with Crippen molar-refractivity contribution in [3.63, 3.8) is 0 Å². The summed E-state index contributed by atoms with van der Waals surface area (Å²) in [5.41, 5.74) is 2.38. The minimum absolute atomic E-state index is 0.0302. The number of amides is 3. The molecule has 0 fully saturated rings. The quantitative estimate of drug-likeness (QED) is 0.562. The maximum Gasteiger partial charge on any atom is 0.261 e. The van der Waals surface area contributed by atoms with E-state index in [2.05, 4.69) is 16.7 Å². The van der Waals surface area contributed by atoms with Gasteiger partial charge in [-0.25, -0.2) is 0 Å². The molecule has 0 saturated carbocycles. The molecule has 1 aliphatic heterocycles. The van der Waals surface area contributed by atoms with Crippen molar-refractivity contribution >= 4 is 51.4 Å². The fraction of sp³-hybridized carbons (Fsp3) is 0.286. The van der Waals surface area contributed by atoms with Gasteiger partial charge in [-0.3, -0.25) is 19.3 Å². The van der Waals surface area contributed by atoms with Crippen molar-refractivity contribution in [2.24, 2.45) is 0 Å². The zero-order valence-corrected chi connectivity index (χ0v) is 17.6. The van der Waals surface area contributed by atoms with Crippen molar-refractivity contribution in [1.29, 1.82) is 5.26 Å². The number of nitrogens with zero attached hydrogens (tertiary/aromatic N) is 2. The van der Waals surface area contributed by atoms with Crippen LogP contribution in [-0.4, -0.2) is 34.3 Å². The standard InChI is InChI=1S/C21H18N4O3S2/c22-11-15-12-5-3-4-8-16(12)30-18(15)24-21(29)23-17(26)9-10-25-19(27)13-6-1-2-7-14(13)20(25)28/h1-2,6-7H,3-5,8-10H2,(H2,23,24,26,29). The minimum Gasteiger partial charge on any atom is -0.323 e. The van der Waals surface area contributed by atoms with Gasteiger partial charge in [-0.1, -0.05) is 12.1 Å². The molecule has 30 heavy (non-hydrogen) atoms. The Hall–Kier alpha value is -3.09. The highest BCUT2D eigenvalue weighted by atomic mass is 32.1. The monoisotopic (exact) mass is 438 g/mol. The van der Waals surface area contributed by atoms with E-state index in [1.54, 1.807) is 24.3 Å². The molecule has 1 aromatic heterocycles. The lowest BCUT2D eigenvalue weighted by molar-refractivity contribution is -0.119. The van der Waals surface area contributed by atoms with E-state index >= 15 is 0 Å². The molecule has 0 radical (unpaired) electrons. The summed E-state index contributed by atoms with van der Waals surface area (Å²) in [6, 6.07) is 8.83. The molecule has 0 unspecified atom stereocenters. The van der Waals surface area contributed by atoms with Gasteiger partial charge in [0.25, 0.3) is 11.8 Å². The molecule has 0 atom stereocenters. The zero-order valence-electron chi connectivity index (χ0n) is 16.0. The lowest BCUT2D eigenvalue weighted by Gasteiger charge is -2.14. The normalized spacial score (nSPS) is 14.7. The number of anilines is 1. The number of nitrogens with one attached hydrogen (secondary N) is 2. The first-order valence-electron chi connectivity index (χ1n) is 9.60. The van der Waals surface area contributed by atoms with E-state index in [4.69, 9.17) is 12.2 Å². The van der Waals surface area contributed by atoms with Crippen molar-refractivity contribution in [1.82, 2.24) is 10.2 Å². The molecular formula is C21H18N4O3S2. The van der Waals surface area contributed by atoms with Crippen LogP contribution < -0.4 is 10.6 Å². The molecule has 3 amide bonds. The highest BCUT2D eigenvalue weighted by Gasteiger charge is 2.35. The molecule has 0 saturated heterocycles. The van der Waals surface area contributed by atoms with Crippen molar-refractivity contribution < 1.29 is 14.4 Å². The smallest absolute Gasteiger partial charge is 0.261 e. The number of carbonyl (C=O) groups is 3. The highest BCUT2D eigenvalue weighted by molar-refractivity contribution is 7.80. The SMILES string of the molecule is N#Cc1c(NC(=S)NC(=O)CCN2C(=O)c3ccccc3C2=O)sc2c1CCCC2. The van der Waals surface area contributed by atoms with E-state index < -0.39 is 17.7 Å². The predicted octanol–water partition coefficient (Wildman–Crippen LogP) is 3.00. The van der Waals surface area contributed by atoms with Gasteiger partial charge in [0, 0.05) is 17.8 Å². The van der Waals surface area contributed by atoms with E-state index in [1.165, 1.54) is 16.2 Å². The van der Waals surface area contributed by atoms with Crippen LogP contribution in [-0.2, 0) is 17.6 Å². The van der Waals surface area contributed by atoms with Crippen molar-refractivity contribution in [2.45, 2.75) is 32.1 Å². The summed E-state index contributed by atoms with van der Waals surface area (Å²) >= 11 is 6.72. The van der Waals surface area contributed by atoms with Gasteiger partial charge < -0.3 is 10.6 Å². The van der Waals surface area contributed by atoms with E-state index in [0.29, 0.717) is 21.7 Å². The maximum atomic E-state index is 12.4. The number of imide groups is 1. The molecule has 1 aromatic carbocycles.